The Morgan fingerprint density at radius 1 is 1.47 bits per heavy atom. The van der Waals surface area contributed by atoms with Crippen LogP contribution in [0.4, 0.5) is 0 Å². The van der Waals surface area contributed by atoms with Crippen molar-refractivity contribution < 1.29 is 13.2 Å². The molecule has 0 saturated carbocycles. The van der Waals surface area contributed by atoms with E-state index < -0.39 is 10.0 Å². The summed E-state index contributed by atoms with van der Waals surface area (Å²) in [5.74, 6) is 0. The van der Waals surface area contributed by atoms with Gasteiger partial charge in [0.1, 0.15) is 10.0 Å². The summed E-state index contributed by atoms with van der Waals surface area (Å²) in [5.41, 5.74) is 0. The van der Waals surface area contributed by atoms with Crippen LogP contribution in [0.2, 0.25) is 5.15 Å². The van der Waals surface area contributed by atoms with Crippen molar-refractivity contribution in [1.82, 2.24) is 9.71 Å². The highest BCUT2D eigenvalue weighted by Crippen LogP contribution is 2.22. The first-order valence-corrected chi connectivity index (χ1v) is 8.51. The largest absolute Gasteiger partial charge is 0.380 e. The van der Waals surface area contributed by atoms with Crippen LogP contribution in [0.15, 0.2) is 21.6 Å². The van der Waals surface area contributed by atoms with Gasteiger partial charge in [0, 0.05) is 23.8 Å². The Morgan fingerprint density at radius 2 is 2.21 bits per heavy atom. The standard InChI is InChI=1S/C11H16BrClN2O3S/c1-2-3-5-18-6-4-15-19(16,17)10-7-9(12)8-14-11(10)13/h7-8,15H,2-6H2,1H3. The van der Waals surface area contributed by atoms with Crippen molar-refractivity contribution in [3.63, 3.8) is 0 Å². The van der Waals surface area contributed by atoms with Crippen LogP contribution in [0, 0.1) is 0 Å². The highest BCUT2D eigenvalue weighted by Gasteiger charge is 2.18. The van der Waals surface area contributed by atoms with Crippen molar-refractivity contribution >= 4 is 37.6 Å². The van der Waals surface area contributed by atoms with Crippen LogP contribution >= 0.6 is 27.5 Å². The van der Waals surface area contributed by atoms with Gasteiger partial charge in [-0.1, -0.05) is 24.9 Å². The van der Waals surface area contributed by atoms with Crippen LogP contribution in [0.3, 0.4) is 0 Å². The van der Waals surface area contributed by atoms with Gasteiger partial charge < -0.3 is 4.74 Å². The maximum Gasteiger partial charge on any atom is 0.243 e. The number of nitrogens with one attached hydrogen (secondary N) is 1. The topological polar surface area (TPSA) is 68.3 Å². The van der Waals surface area contributed by atoms with E-state index in [1.54, 1.807) is 0 Å². The Bertz CT molecular complexity index is 511. The summed E-state index contributed by atoms with van der Waals surface area (Å²) < 4.78 is 32.2. The molecule has 19 heavy (non-hydrogen) atoms. The van der Waals surface area contributed by atoms with Gasteiger partial charge in [-0.3, -0.25) is 0 Å². The Morgan fingerprint density at radius 3 is 2.89 bits per heavy atom. The van der Waals surface area contributed by atoms with Crippen molar-refractivity contribution in [2.45, 2.75) is 24.7 Å². The molecule has 1 rings (SSSR count). The molecule has 108 valence electrons. The lowest BCUT2D eigenvalue weighted by Crippen LogP contribution is -2.28. The molecule has 0 amide bonds. The number of sulfonamides is 1. The zero-order chi connectivity index (χ0) is 14.3. The molecule has 0 aliphatic carbocycles. The van der Waals surface area contributed by atoms with E-state index in [1.165, 1.54) is 12.3 Å². The number of unbranched alkanes of at least 4 members (excludes halogenated alkanes) is 1. The number of halogens is 2. The van der Waals surface area contributed by atoms with Crippen molar-refractivity contribution in [3.8, 4) is 0 Å². The van der Waals surface area contributed by atoms with Gasteiger partial charge in [0.25, 0.3) is 0 Å². The minimum absolute atomic E-state index is 0.0444. The molecule has 0 atom stereocenters. The molecule has 0 unspecified atom stereocenters. The molecule has 0 fully saturated rings. The Balaban J connectivity index is 2.54. The van der Waals surface area contributed by atoms with E-state index in [-0.39, 0.29) is 16.6 Å². The molecule has 5 nitrogen and oxygen atoms in total. The van der Waals surface area contributed by atoms with Gasteiger partial charge in [0.05, 0.1) is 6.61 Å². The zero-order valence-corrected chi connectivity index (χ0v) is 13.7. The van der Waals surface area contributed by atoms with Crippen molar-refractivity contribution in [1.29, 1.82) is 0 Å². The smallest absolute Gasteiger partial charge is 0.243 e. The van der Waals surface area contributed by atoms with Crippen LogP contribution in [0.1, 0.15) is 19.8 Å². The predicted octanol–water partition coefficient (Wildman–Crippen LogP) is 2.59. The lowest BCUT2D eigenvalue weighted by atomic mass is 10.4. The number of aromatic nitrogens is 1. The normalized spacial score (nSPS) is 11.7. The van der Waals surface area contributed by atoms with E-state index in [0.717, 1.165) is 12.8 Å². The fourth-order valence-corrected chi connectivity index (χ4v) is 3.22. The van der Waals surface area contributed by atoms with Crippen LogP contribution in [-0.4, -0.2) is 33.2 Å². The molecular formula is C11H16BrClN2O3S. The number of rotatable bonds is 8. The molecule has 0 spiro atoms. The SMILES string of the molecule is CCCCOCCNS(=O)(=O)c1cc(Br)cnc1Cl. The first-order chi connectivity index (χ1) is 8.97. The van der Waals surface area contributed by atoms with E-state index in [4.69, 9.17) is 16.3 Å². The van der Waals surface area contributed by atoms with Gasteiger partial charge in [0.2, 0.25) is 10.0 Å². The van der Waals surface area contributed by atoms with Crippen molar-refractivity contribution in [2.75, 3.05) is 19.8 Å². The third-order valence-corrected chi connectivity index (χ3v) is 4.57. The molecule has 0 saturated heterocycles. The molecule has 0 bridgehead atoms. The van der Waals surface area contributed by atoms with E-state index in [1.807, 2.05) is 0 Å². The average Bonchev–Trinajstić information content (AvgIpc) is 2.36. The molecule has 0 aromatic carbocycles. The van der Waals surface area contributed by atoms with Crippen molar-refractivity contribution in [3.05, 3.63) is 21.9 Å². The fraction of sp³-hybridized carbons (Fsp3) is 0.545. The second-order valence-electron chi connectivity index (χ2n) is 3.81. The second kappa shape index (κ2) is 8.16. The number of nitrogens with zero attached hydrogens (tertiary/aromatic N) is 1. The van der Waals surface area contributed by atoms with E-state index in [9.17, 15) is 8.42 Å². The maximum absolute atomic E-state index is 12.0. The van der Waals surface area contributed by atoms with Crippen LogP contribution < -0.4 is 4.72 Å². The molecule has 0 aliphatic rings. The van der Waals surface area contributed by atoms with E-state index >= 15 is 0 Å². The highest BCUT2D eigenvalue weighted by molar-refractivity contribution is 9.10. The van der Waals surface area contributed by atoms with Gasteiger partial charge in [-0.15, -0.1) is 0 Å². The Kier molecular flexibility index (Phi) is 7.23. The van der Waals surface area contributed by atoms with Gasteiger partial charge in [-0.05, 0) is 28.4 Å². The summed E-state index contributed by atoms with van der Waals surface area (Å²) in [6, 6.07) is 1.41. The summed E-state index contributed by atoms with van der Waals surface area (Å²) in [5, 5.41) is -0.0531. The first kappa shape index (κ1) is 16.8. The fourth-order valence-electron chi connectivity index (χ4n) is 1.27. The molecule has 0 aliphatic heterocycles. The van der Waals surface area contributed by atoms with Crippen molar-refractivity contribution in [2.24, 2.45) is 0 Å². The predicted molar refractivity (Wildman–Crippen MR) is 77.9 cm³/mol. The van der Waals surface area contributed by atoms with E-state index in [0.29, 0.717) is 17.7 Å². The number of pyridine rings is 1. The first-order valence-electron chi connectivity index (χ1n) is 5.86. The number of hydrogen-bond donors (Lipinski definition) is 1. The summed E-state index contributed by atoms with van der Waals surface area (Å²) in [4.78, 5) is 3.74. The second-order valence-corrected chi connectivity index (χ2v) is 6.82. The van der Waals surface area contributed by atoms with Crippen LogP contribution in [0.5, 0.6) is 0 Å². The molecule has 8 heteroatoms. The van der Waals surface area contributed by atoms with Crippen LogP contribution in [-0.2, 0) is 14.8 Å². The third kappa shape index (κ3) is 5.74. The molecule has 1 N–H and O–H groups in total. The lowest BCUT2D eigenvalue weighted by Gasteiger charge is -2.08. The molecule has 1 heterocycles. The Labute approximate surface area is 126 Å². The van der Waals surface area contributed by atoms with Gasteiger partial charge in [-0.25, -0.2) is 18.1 Å². The maximum atomic E-state index is 12.0. The zero-order valence-electron chi connectivity index (χ0n) is 10.5. The van der Waals surface area contributed by atoms with Gasteiger partial charge in [-0.2, -0.15) is 0 Å². The van der Waals surface area contributed by atoms with Crippen LogP contribution in [0.25, 0.3) is 0 Å². The monoisotopic (exact) mass is 370 g/mol. The average molecular weight is 372 g/mol. The van der Waals surface area contributed by atoms with Gasteiger partial charge in [0.15, 0.2) is 0 Å². The number of hydrogen-bond acceptors (Lipinski definition) is 4. The molecule has 0 radical (unpaired) electrons. The molecule has 1 aromatic rings. The summed E-state index contributed by atoms with van der Waals surface area (Å²) in [7, 11) is -3.66. The van der Waals surface area contributed by atoms with E-state index in [2.05, 4.69) is 32.6 Å². The number of ether oxygens (including phenoxy) is 1. The third-order valence-electron chi connectivity index (χ3n) is 2.24. The Hall–Kier alpha value is -0.210. The molecule has 1 aromatic heterocycles. The quantitative estimate of drug-likeness (QED) is 0.563. The summed E-state index contributed by atoms with van der Waals surface area (Å²) in [6.07, 6.45) is 3.45. The summed E-state index contributed by atoms with van der Waals surface area (Å²) in [6.45, 7) is 3.24. The lowest BCUT2D eigenvalue weighted by molar-refractivity contribution is 0.136. The summed E-state index contributed by atoms with van der Waals surface area (Å²) >= 11 is 8.94. The highest BCUT2D eigenvalue weighted by atomic mass is 79.9. The van der Waals surface area contributed by atoms with Gasteiger partial charge >= 0.3 is 0 Å². The molecular weight excluding hydrogens is 356 g/mol. The minimum atomic E-state index is -3.66. The minimum Gasteiger partial charge on any atom is -0.380 e.